The van der Waals surface area contributed by atoms with E-state index in [9.17, 15) is 71.7 Å². The van der Waals surface area contributed by atoms with Gasteiger partial charge >= 0.3 is 45.8 Å². The molecule has 0 saturated heterocycles. The number of allylic oxidation sites excluding steroid dienone is 3. The van der Waals surface area contributed by atoms with Gasteiger partial charge in [0.1, 0.15) is 42.6 Å². The summed E-state index contributed by atoms with van der Waals surface area (Å²) >= 11 is 6.09. The molecule has 0 aliphatic rings. The van der Waals surface area contributed by atoms with Crippen molar-refractivity contribution in [2.24, 2.45) is 35.0 Å². The summed E-state index contributed by atoms with van der Waals surface area (Å²) in [5.74, 6) is -6.72. The van der Waals surface area contributed by atoms with Gasteiger partial charge in [-0.2, -0.15) is 4.31 Å². The van der Waals surface area contributed by atoms with Gasteiger partial charge in [-0.15, -0.1) is 0 Å². The summed E-state index contributed by atoms with van der Waals surface area (Å²) in [7, 11) is -7.51. The summed E-state index contributed by atoms with van der Waals surface area (Å²) in [5, 5.41) is 19.0. The molecule has 1 rings (SSSR count). The average Bonchev–Trinajstić information content (AvgIpc) is 0.834. The van der Waals surface area contributed by atoms with Crippen molar-refractivity contribution in [1.29, 1.82) is 0 Å². The van der Waals surface area contributed by atoms with Crippen molar-refractivity contribution in [3.8, 4) is 0 Å². The molecule has 0 bridgehead atoms. The van der Waals surface area contributed by atoms with Crippen LogP contribution in [0.25, 0.3) is 0 Å². The number of rotatable bonds is 53. The number of primary amides is 2. The Hall–Kier alpha value is -7.78. The third-order valence-electron chi connectivity index (χ3n) is 16.6. The fraction of sp³-hybridized carbons (Fsp3) is 0.648. The van der Waals surface area contributed by atoms with Gasteiger partial charge in [0.15, 0.2) is 6.10 Å². The minimum absolute atomic E-state index is 0.00921. The molecule has 612 valence electrons. The van der Waals surface area contributed by atoms with E-state index in [2.05, 4.69) is 41.5 Å². The van der Waals surface area contributed by atoms with Crippen LogP contribution < -0.4 is 54.4 Å². The van der Waals surface area contributed by atoms with Crippen molar-refractivity contribution in [3.63, 3.8) is 0 Å². The average molecular weight is 1590 g/mol. The number of unbranched alkanes of at least 4 members (excludes halogenated alkanes) is 5. The number of ether oxygens (including phenoxy) is 4. The minimum Gasteiger partial charge on any atom is -0.456 e. The zero-order valence-electron chi connectivity index (χ0n) is 64.9. The predicted molar refractivity (Wildman–Crippen MR) is 405 cm³/mol. The minimum atomic E-state index is -5.14. The molecule has 37 heteroatoms. The van der Waals surface area contributed by atoms with Crippen molar-refractivity contribution < 1.29 is 104 Å². The number of esters is 2. The van der Waals surface area contributed by atoms with Crippen LogP contribution in [0.15, 0.2) is 71.7 Å². The maximum atomic E-state index is 14.0. The molecule has 15 N–H and O–H groups in total. The normalized spacial score (nSPS) is 15.6. The first-order chi connectivity index (χ1) is 50.7. The summed E-state index contributed by atoms with van der Waals surface area (Å²) < 4.78 is 62.5. The highest BCUT2D eigenvalue weighted by molar-refractivity contribution is 7.61. The maximum absolute atomic E-state index is 14.0. The summed E-state index contributed by atoms with van der Waals surface area (Å²) in [6.07, 6.45) is 6.24. The van der Waals surface area contributed by atoms with Crippen molar-refractivity contribution in [1.82, 2.24) is 47.0 Å². The molecule has 0 aromatic heterocycles. The Bertz CT molecular complexity index is 3290. The number of phosphoric acid groups is 2. The SMILES string of the molecule is C/C=C(\C)[C@@H](OC(=O)[C@@H](C)NCCCC)[C@@H](C)[C@H](C/C=C(\C)C(=O)O[C@H](CC(C)C)C(=O)N[C@@H](C)C(=O)N(C)[C@H](Cc1ccc(Cl)cc1)C(=O)N(C)CC(N)=O)OC(=O)NCCCCCOP(=O)(O)OP(=O)(O)OCCCCCNC(=O)O/C=C(\C=C/CC)NC(=O)[C@@H](CCCNC(N)=O)NC(=O)[C@H](N)C(C)C. The van der Waals surface area contributed by atoms with E-state index in [-0.39, 0.29) is 94.1 Å². The number of nitrogens with two attached hydrogens (primary N) is 3. The molecule has 0 saturated carbocycles. The highest BCUT2D eigenvalue weighted by atomic mass is 35.5. The Kier molecular flexibility index (Phi) is 47.6. The number of hydrogen-bond acceptors (Lipinski definition) is 22. The van der Waals surface area contributed by atoms with E-state index in [1.165, 1.54) is 40.1 Å². The van der Waals surface area contributed by atoms with E-state index in [0.717, 1.165) is 28.9 Å². The first-order valence-electron chi connectivity index (χ1n) is 36.3. The lowest BCUT2D eigenvalue weighted by Gasteiger charge is -2.32. The fourth-order valence-electron chi connectivity index (χ4n) is 10.0. The first-order valence-corrected chi connectivity index (χ1v) is 39.7. The Morgan fingerprint density at radius 2 is 1.29 bits per heavy atom. The summed E-state index contributed by atoms with van der Waals surface area (Å²) in [6.45, 7) is 20.2. The second kappa shape index (κ2) is 52.4. The summed E-state index contributed by atoms with van der Waals surface area (Å²) in [6, 6.07) is 0.782. The highest BCUT2D eigenvalue weighted by Gasteiger charge is 2.38. The molecule has 0 spiro atoms. The van der Waals surface area contributed by atoms with Gasteiger partial charge < -0.3 is 93.0 Å². The quantitative estimate of drug-likeness (QED) is 0.00456. The molecule has 1 aromatic carbocycles. The number of nitrogens with one attached hydrogen (secondary N) is 7. The smallest absolute Gasteiger partial charge is 0.456 e. The summed E-state index contributed by atoms with van der Waals surface area (Å²) in [5.41, 5.74) is 17.9. The number of phosphoric ester groups is 2. The van der Waals surface area contributed by atoms with Crippen LogP contribution in [0.4, 0.5) is 14.4 Å². The van der Waals surface area contributed by atoms with Crippen LogP contribution in [0.1, 0.15) is 172 Å². The van der Waals surface area contributed by atoms with Crippen molar-refractivity contribution >= 4 is 92.8 Å². The van der Waals surface area contributed by atoms with Crippen molar-refractivity contribution in [3.05, 3.63) is 82.3 Å². The molecule has 0 aliphatic carbocycles. The molecule has 1 aromatic rings. The molecule has 11 atom stereocenters. The number of benzene rings is 1. The zero-order valence-corrected chi connectivity index (χ0v) is 67.4. The standard InChI is InChI=1S/C71H119ClN12O22P2/c1-15-18-27-54(81-62(86)55(28-26-38-77-69(75)93)82-64(88)60(74)46(6)7)44-100-70(94)78-36-22-20-24-39-101-107(96,97)106-108(98,99)102-40-25-21-23-37-79-71(95)104-57(49(10)61(47(8)17-3)105-68(92)51(12)76-35-19-16-2)34-29-48(9)67(91)103-58(41-45(4)5)63(87)80-50(11)65(89)84(14)56(66(90)83(13)43-59(73)85)42-52-30-32-53(72)33-31-52/h17-18,27,29-33,44-46,49-51,55-58,60-61,76H,15-16,19-26,28,34-43,74H2,1-14H3,(H2,73,85)(H,78,94)(H,79,95)(H,80,87)(H,81,86)(H,82,88)(H,96,97)(H,98,99)(H3,75,77,93)/b27-18-,47-17+,48-29+,54-44+/t49-,50-,51+,55+,56+,57-,58+,60+,61+/m0/s1. The molecule has 10 amide bonds. The topological polar surface area (TPSA) is 496 Å². The zero-order chi connectivity index (χ0) is 81.9. The van der Waals surface area contributed by atoms with E-state index in [1.807, 2.05) is 13.8 Å². The van der Waals surface area contributed by atoms with Gasteiger partial charge in [-0.1, -0.05) is 96.8 Å². The Balaban J connectivity index is 3.03. The molecule has 0 fully saturated rings. The van der Waals surface area contributed by atoms with E-state index in [1.54, 1.807) is 91.8 Å². The van der Waals surface area contributed by atoms with Gasteiger partial charge in [0.2, 0.25) is 29.5 Å². The molecule has 0 radical (unpaired) electrons. The summed E-state index contributed by atoms with van der Waals surface area (Å²) in [4.78, 5) is 167. The molecule has 0 aliphatic heterocycles. The van der Waals surface area contributed by atoms with E-state index in [4.69, 9.17) is 56.8 Å². The van der Waals surface area contributed by atoms with Gasteiger partial charge in [-0.3, -0.25) is 42.6 Å². The van der Waals surface area contributed by atoms with Crippen LogP contribution in [0.5, 0.6) is 0 Å². The second-order valence-corrected chi connectivity index (χ2v) is 30.2. The number of carbonyl (C=O) groups excluding carboxylic acids is 11. The number of urea groups is 1. The number of nitrogens with zero attached hydrogens (tertiary/aromatic N) is 2. The van der Waals surface area contributed by atoms with Crippen molar-refractivity contribution in [2.45, 2.75) is 221 Å². The van der Waals surface area contributed by atoms with Crippen LogP contribution in [-0.4, -0.2) is 194 Å². The van der Waals surface area contributed by atoms with Crippen LogP contribution in [0, 0.1) is 17.8 Å². The highest BCUT2D eigenvalue weighted by Crippen LogP contribution is 2.60. The van der Waals surface area contributed by atoms with E-state index in [0.29, 0.717) is 48.4 Å². The lowest BCUT2D eigenvalue weighted by Crippen LogP contribution is -2.56. The Labute approximate surface area is 639 Å². The number of alkyl carbamates (subject to hydrolysis) is 2. The number of carbonyl (C=O) groups is 11. The van der Waals surface area contributed by atoms with Crippen molar-refractivity contribution in [2.75, 3.05) is 60.0 Å². The monoisotopic (exact) mass is 1590 g/mol. The number of halogens is 1. The number of hydrogen-bond donors (Lipinski definition) is 12. The first kappa shape index (κ1) is 98.2. The molecule has 2 unspecified atom stereocenters. The number of amides is 10. The fourth-order valence-corrected chi connectivity index (χ4v) is 12.3. The Morgan fingerprint density at radius 3 is 1.83 bits per heavy atom. The molecule has 34 nitrogen and oxygen atoms in total. The number of likely N-dealkylation sites (N-methyl/N-ethyl adjacent to an activating group) is 2. The predicted octanol–water partition coefficient (Wildman–Crippen LogP) is 7.00. The van der Waals surface area contributed by atoms with Crippen LogP contribution in [0.2, 0.25) is 5.02 Å². The lowest BCUT2D eigenvalue weighted by molar-refractivity contribution is -0.154. The van der Waals surface area contributed by atoms with Gasteiger partial charge in [0.25, 0.3) is 5.91 Å². The van der Waals surface area contributed by atoms with Gasteiger partial charge in [0, 0.05) is 63.1 Å². The molecule has 108 heavy (non-hydrogen) atoms. The van der Waals surface area contributed by atoms with Crippen LogP contribution in [0.3, 0.4) is 0 Å². The maximum Gasteiger partial charge on any atom is 0.481 e. The molecular formula is C71H119ClN12O22P2. The van der Waals surface area contributed by atoms with Gasteiger partial charge in [-0.05, 0) is 153 Å². The third kappa shape index (κ3) is 41.1. The van der Waals surface area contributed by atoms with Crippen LogP contribution in [-0.2, 0) is 86.2 Å². The van der Waals surface area contributed by atoms with Gasteiger partial charge in [0.05, 0.1) is 31.5 Å². The lowest BCUT2D eigenvalue weighted by atomic mass is 9.90. The second-order valence-electron chi connectivity index (χ2n) is 26.8. The van der Waals surface area contributed by atoms with Gasteiger partial charge in [-0.25, -0.2) is 28.3 Å². The van der Waals surface area contributed by atoms with E-state index < -0.39 is 155 Å². The molecule has 0 heterocycles. The largest absolute Gasteiger partial charge is 0.481 e. The third-order valence-corrected chi connectivity index (χ3v) is 19.5. The molecular weight excluding hydrogens is 1470 g/mol. The van der Waals surface area contributed by atoms with E-state index >= 15 is 0 Å². The Morgan fingerprint density at radius 1 is 0.694 bits per heavy atom. The van der Waals surface area contributed by atoms with Crippen LogP contribution >= 0.6 is 27.2 Å².